The average Bonchev–Trinajstić information content (AvgIpc) is 2.86. The Morgan fingerprint density at radius 3 is 2.81 bits per heavy atom. The van der Waals surface area contributed by atoms with Gasteiger partial charge in [-0.05, 0) is 33.0 Å². The quantitative estimate of drug-likeness (QED) is 0.879. The van der Waals surface area contributed by atoms with Gasteiger partial charge in [-0.3, -0.25) is 4.79 Å². The lowest BCUT2D eigenvalue weighted by molar-refractivity contribution is 0.0945. The SMILES string of the molecule is CNC(C)CNC(=O)c1nnn(-c2ccccc2Cl)c1C. The first-order valence-corrected chi connectivity index (χ1v) is 7.05. The summed E-state index contributed by atoms with van der Waals surface area (Å²) in [6.07, 6.45) is 0. The minimum atomic E-state index is -0.243. The summed E-state index contributed by atoms with van der Waals surface area (Å²) in [5, 5.41) is 14.4. The van der Waals surface area contributed by atoms with Gasteiger partial charge in [0.1, 0.15) is 0 Å². The summed E-state index contributed by atoms with van der Waals surface area (Å²) in [5.74, 6) is -0.243. The maximum atomic E-state index is 12.1. The van der Waals surface area contributed by atoms with Crippen molar-refractivity contribution in [2.75, 3.05) is 13.6 Å². The van der Waals surface area contributed by atoms with Gasteiger partial charge < -0.3 is 10.6 Å². The molecule has 0 aliphatic carbocycles. The van der Waals surface area contributed by atoms with E-state index in [-0.39, 0.29) is 11.9 Å². The Labute approximate surface area is 128 Å². The van der Waals surface area contributed by atoms with Crippen LogP contribution in [-0.4, -0.2) is 40.5 Å². The standard InChI is InChI=1S/C14H18ClN5O/c1-9(16-3)8-17-14(21)13-10(2)20(19-18-13)12-7-5-4-6-11(12)15/h4-7,9,16H,8H2,1-3H3,(H,17,21). The van der Waals surface area contributed by atoms with E-state index in [4.69, 9.17) is 11.6 Å². The van der Waals surface area contributed by atoms with Gasteiger partial charge in [0.05, 0.1) is 16.4 Å². The molecular weight excluding hydrogens is 290 g/mol. The molecule has 21 heavy (non-hydrogen) atoms. The van der Waals surface area contributed by atoms with Crippen LogP contribution in [0.15, 0.2) is 24.3 Å². The molecule has 0 saturated carbocycles. The van der Waals surface area contributed by atoms with Crippen molar-refractivity contribution in [2.45, 2.75) is 19.9 Å². The molecule has 0 radical (unpaired) electrons. The zero-order valence-electron chi connectivity index (χ0n) is 12.2. The highest BCUT2D eigenvalue weighted by Crippen LogP contribution is 2.20. The third-order valence-corrected chi connectivity index (χ3v) is 3.57. The van der Waals surface area contributed by atoms with Crippen LogP contribution in [0.3, 0.4) is 0 Å². The van der Waals surface area contributed by atoms with Crippen molar-refractivity contribution in [1.29, 1.82) is 0 Å². The second-order valence-electron chi connectivity index (χ2n) is 4.79. The Balaban J connectivity index is 2.21. The van der Waals surface area contributed by atoms with E-state index in [0.717, 1.165) is 0 Å². The van der Waals surface area contributed by atoms with Crippen LogP contribution < -0.4 is 10.6 Å². The highest BCUT2D eigenvalue weighted by Gasteiger charge is 2.18. The van der Waals surface area contributed by atoms with Crippen molar-refractivity contribution in [2.24, 2.45) is 0 Å². The van der Waals surface area contributed by atoms with Gasteiger partial charge >= 0.3 is 0 Å². The number of rotatable bonds is 5. The second-order valence-corrected chi connectivity index (χ2v) is 5.19. The lowest BCUT2D eigenvalue weighted by Crippen LogP contribution is -2.37. The Morgan fingerprint density at radius 1 is 1.43 bits per heavy atom. The molecule has 1 atom stereocenters. The predicted octanol–water partition coefficient (Wildman–Crippen LogP) is 1.57. The lowest BCUT2D eigenvalue weighted by atomic mass is 10.2. The summed E-state index contributed by atoms with van der Waals surface area (Å²) < 4.78 is 1.57. The number of nitrogens with zero attached hydrogens (tertiary/aromatic N) is 3. The molecule has 7 heteroatoms. The van der Waals surface area contributed by atoms with Crippen LogP contribution in [0.2, 0.25) is 5.02 Å². The van der Waals surface area contributed by atoms with Gasteiger partial charge in [0.15, 0.2) is 5.69 Å². The summed E-state index contributed by atoms with van der Waals surface area (Å²) in [5.41, 5.74) is 1.66. The first-order chi connectivity index (χ1) is 10.0. The number of halogens is 1. The Kier molecular flexibility index (Phi) is 4.93. The molecule has 0 spiro atoms. The molecule has 1 aromatic heterocycles. The van der Waals surface area contributed by atoms with E-state index >= 15 is 0 Å². The molecule has 112 valence electrons. The number of hydrogen-bond donors (Lipinski definition) is 2. The molecule has 2 rings (SSSR count). The van der Waals surface area contributed by atoms with Crippen molar-refractivity contribution in [3.63, 3.8) is 0 Å². The Morgan fingerprint density at radius 2 is 2.14 bits per heavy atom. The Bertz CT molecular complexity index is 640. The minimum absolute atomic E-state index is 0.188. The van der Waals surface area contributed by atoms with E-state index in [1.807, 2.05) is 32.2 Å². The van der Waals surface area contributed by atoms with Crippen molar-refractivity contribution in [3.8, 4) is 5.69 Å². The molecule has 1 amide bonds. The largest absolute Gasteiger partial charge is 0.349 e. The van der Waals surface area contributed by atoms with E-state index in [2.05, 4.69) is 20.9 Å². The topological polar surface area (TPSA) is 71.8 Å². The smallest absolute Gasteiger partial charge is 0.273 e. The number of aromatic nitrogens is 3. The monoisotopic (exact) mass is 307 g/mol. The lowest BCUT2D eigenvalue weighted by Gasteiger charge is -2.10. The first kappa shape index (κ1) is 15.5. The highest BCUT2D eigenvalue weighted by atomic mass is 35.5. The third kappa shape index (κ3) is 3.40. The van der Waals surface area contributed by atoms with Gasteiger partial charge in [0.25, 0.3) is 5.91 Å². The maximum Gasteiger partial charge on any atom is 0.273 e. The summed E-state index contributed by atoms with van der Waals surface area (Å²) >= 11 is 6.14. The predicted molar refractivity (Wildman–Crippen MR) is 82.0 cm³/mol. The summed E-state index contributed by atoms with van der Waals surface area (Å²) in [4.78, 5) is 12.1. The zero-order valence-corrected chi connectivity index (χ0v) is 13.0. The average molecular weight is 308 g/mol. The van der Waals surface area contributed by atoms with Crippen molar-refractivity contribution >= 4 is 17.5 Å². The zero-order chi connectivity index (χ0) is 15.4. The summed E-state index contributed by atoms with van der Waals surface area (Å²) in [6, 6.07) is 7.48. The van der Waals surface area contributed by atoms with Crippen LogP contribution in [0.25, 0.3) is 5.69 Å². The number of para-hydroxylation sites is 1. The number of benzene rings is 1. The van der Waals surface area contributed by atoms with E-state index in [0.29, 0.717) is 28.6 Å². The van der Waals surface area contributed by atoms with E-state index in [1.165, 1.54) is 0 Å². The Hall–Kier alpha value is -1.92. The molecule has 2 aromatic rings. The molecule has 6 nitrogen and oxygen atoms in total. The number of hydrogen-bond acceptors (Lipinski definition) is 4. The third-order valence-electron chi connectivity index (χ3n) is 3.25. The molecule has 0 aliphatic heterocycles. The van der Waals surface area contributed by atoms with E-state index < -0.39 is 0 Å². The van der Waals surface area contributed by atoms with E-state index in [9.17, 15) is 4.79 Å². The number of likely N-dealkylation sites (N-methyl/N-ethyl adjacent to an activating group) is 1. The van der Waals surface area contributed by atoms with Gasteiger partial charge in [-0.1, -0.05) is 28.9 Å². The minimum Gasteiger partial charge on any atom is -0.349 e. The van der Waals surface area contributed by atoms with Gasteiger partial charge in [0, 0.05) is 12.6 Å². The maximum absolute atomic E-state index is 12.1. The van der Waals surface area contributed by atoms with Crippen LogP contribution in [0.4, 0.5) is 0 Å². The number of carbonyl (C=O) groups is 1. The van der Waals surface area contributed by atoms with Gasteiger partial charge in [-0.15, -0.1) is 5.10 Å². The van der Waals surface area contributed by atoms with E-state index in [1.54, 1.807) is 17.7 Å². The fourth-order valence-electron chi connectivity index (χ4n) is 1.82. The second kappa shape index (κ2) is 6.69. The molecule has 0 bridgehead atoms. The van der Waals surface area contributed by atoms with Crippen LogP contribution in [0.1, 0.15) is 23.1 Å². The first-order valence-electron chi connectivity index (χ1n) is 6.67. The van der Waals surface area contributed by atoms with Crippen molar-refractivity contribution < 1.29 is 4.79 Å². The number of carbonyl (C=O) groups excluding carboxylic acids is 1. The van der Waals surface area contributed by atoms with Gasteiger partial charge in [-0.2, -0.15) is 0 Å². The molecule has 1 aromatic carbocycles. The van der Waals surface area contributed by atoms with Gasteiger partial charge in [-0.25, -0.2) is 4.68 Å². The molecular formula is C14H18ClN5O. The normalized spacial score (nSPS) is 12.2. The molecule has 1 heterocycles. The van der Waals surface area contributed by atoms with Crippen molar-refractivity contribution in [1.82, 2.24) is 25.6 Å². The van der Waals surface area contributed by atoms with Crippen LogP contribution in [0.5, 0.6) is 0 Å². The molecule has 0 fully saturated rings. The fraction of sp³-hybridized carbons (Fsp3) is 0.357. The van der Waals surface area contributed by atoms with Crippen LogP contribution >= 0.6 is 11.6 Å². The number of nitrogens with one attached hydrogen (secondary N) is 2. The molecule has 2 N–H and O–H groups in total. The molecule has 0 aliphatic rings. The number of amides is 1. The molecule has 1 unspecified atom stereocenters. The summed E-state index contributed by atoms with van der Waals surface area (Å²) in [6.45, 7) is 4.29. The van der Waals surface area contributed by atoms with Crippen molar-refractivity contribution in [3.05, 3.63) is 40.7 Å². The van der Waals surface area contributed by atoms with Crippen LogP contribution in [-0.2, 0) is 0 Å². The highest BCUT2D eigenvalue weighted by molar-refractivity contribution is 6.32. The molecule has 0 saturated heterocycles. The van der Waals surface area contributed by atoms with Gasteiger partial charge in [0.2, 0.25) is 0 Å². The summed E-state index contributed by atoms with van der Waals surface area (Å²) in [7, 11) is 1.84. The fourth-order valence-corrected chi connectivity index (χ4v) is 2.04. The van der Waals surface area contributed by atoms with Crippen LogP contribution in [0, 0.1) is 6.92 Å².